The van der Waals surface area contributed by atoms with Gasteiger partial charge < -0.3 is 14.5 Å². The summed E-state index contributed by atoms with van der Waals surface area (Å²) in [5, 5.41) is 5.20. The van der Waals surface area contributed by atoms with Crippen molar-refractivity contribution < 1.29 is 4.74 Å². The SMILES string of the molecule is CC1C=CN=C2/C(=N\NC(=S)N3CCN(c4cnccn4)CC3)CCOC21. The van der Waals surface area contributed by atoms with Crippen LogP contribution in [-0.4, -0.2) is 70.3 Å². The molecule has 0 aromatic carbocycles. The summed E-state index contributed by atoms with van der Waals surface area (Å²) in [7, 11) is 0. The van der Waals surface area contributed by atoms with Crippen LogP contribution in [0.1, 0.15) is 13.3 Å². The monoisotopic (exact) mass is 385 g/mol. The van der Waals surface area contributed by atoms with Gasteiger partial charge in [0.2, 0.25) is 0 Å². The Morgan fingerprint density at radius 2 is 2.15 bits per heavy atom. The van der Waals surface area contributed by atoms with E-state index in [1.54, 1.807) is 18.6 Å². The topological polar surface area (TPSA) is 78.2 Å². The van der Waals surface area contributed by atoms with Crippen molar-refractivity contribution in [3.05, 3.63) is 30.9 Å². The molecule has 2 saturated heterocycles. The number of fused-ring (bicyclic) bond motifs is 1. The number of aromatic nitrogens is 2. The first-order chi connectivity index (χ1) is 13.2. The molecule has 2 fully saturated rings. The van der Waals surface area contributed by atoms with Crippen LogP contribution in [0.4, 0.5) is 5.82 Å². The Morgan fingerprint density at radius 3 is 2.93 bits per heavy atom. The largest absolute Gasteiger partial charge is 0.371 e. The van der Waals surface area contributed by atoms with Gasteiger partial charge in [-0.25, -0.2) is 4.98 Å². The Morgan fingerprint density at radius 1 is 1.30 bits per heavy atom. The summed E-state index contributed by atoms with van der Waals surface area (Å²) in [5.41, 5.74) is 4.91. The van der Waals surface area contributed by atoms with Crippen LogP contribution in [-0.2, 0) is 4.74 Å². The number of anilines is 1. The molecule has 4 rings (SSSR count). The van der Waals surface area contributed by atoms with E-state index in [1.807, 2.05) is 6.20 Å². The molecule has 3 aliphatic heterocycles. The summed E-state index contributed by atoms with van der Waals surface area (Å²) in [6.07, 6.45) is 9.83. The van der Waals surface area contributed by atoms with Crippen molar-refractivity contribution >= 4 is 34.6 Å². The van der Waals surface area contributed by atoms with E-state index in [9.17, 15) is 0 Å². The Balaban J connectivity index is 1.34. The van der Waals surface area contributed by atoms with Gasteiger partial charge in [0.25, 0.3) is 0 Å². The summed E-state index contributed by atoms with van der Waals surface area (Å²) < 4.78 is 5.85. The van der Waals surface area contributed by atoms with E-state index in [0.717, 1.165) is 49.8 Å². The average Bonchev–Trinajstić information content (AvgIpc) is 2.73. The molecule has 0 spiro atoms. The van der Waals surface area contributed by atoms with Crippen LogP contribution >= 0.6 is 12.2 Å². The lowest BCUT2D eigenvalue weighted by Gasteiger charge is -2.36. The van der Waals surface area contributed by atoms with E-state index in [4.69, 9.17) is 17.0 Å². The summed E-state index contributed by atoms with van der Waals surface area (Å²) in [5.74, 6) is 1.21. The van der Waals surface area contributed by atoms with Crippen LogP contribution in [0.3, 0.4) is 0 Å². The molecule has 1 aromatic heterocycles. The fourth-order valence-electron chi connectivity index (χ4n) is 3.45. The lowest BCUT2D eigenvalue weighted by molar-refractivity contribution is 0.0750. The second kappa shape index (κ2) is 8.10. The second-order valence-electron chi connectivity index (χ2n) is 6.77. The smallest absolute Gasteiger partial charge is 0.189 e. The van der Waals surface area contributed by atoms with Crippen LogP contribution < -0.4 is 10.3 Å². The molecule has 0 aliphatic carbocycles. The molecular formula is C18H23N7OS. The predicted octanol–water partition coefficient (Wildman–Crippen LogP) is 1.22. The normalized spacial score (nSPS) is 26.6. The van der Waals surface area contributed by atoms with Gasteiger partial charge in [0.15, 0.2) is 5.11 Å². The van der Waals surface area contributed by atoms with E-state index in [2.05, 4.69) is 48.3 Å². The van der Waals surface area contributed by atoms with Gasteiger partial charge in [-0.05, 0) is 12.2 Å². The standard InChI is InChI=1S/C18H23N7OS/c1-13-2-4-21-16-14(3-11-26-17(13)16)22-23-18(27)25-9-7-24(8-10-25)15-12-19-5-6-20-15/h2,4-6,12-13,17H,3,7-11H2,1H3,(H,23,27)/b22-14-. The van der Waals surface area contributed by atoms with Crippen LogP contribution in [0.5, 0.6) is 0 Å². The molecule has 1 N–H and O–H groups in total. The van der Waals surface area contributed by atoms with Crippen LogP contribution in [0.25, 0.3) is 0 Å². The molecule has 8 nitrogen and oxygen atoms in total. The molecule has 1 aromatic rings. The third-order valence-corrected chi connectivity index (χ3v) is 5.36. The van der Waals surface area contributed by atoms with Gasteiger partial charge in [-0.2, -0.15) is 5.10 Å². The van der Waals surface area contributed by atoms with Gasteiger partial charge in [0.05, 0.1) is 24.2 Å². The van der Waals surface area contributed by atoms with Crippen LogP contribution in [0.2, 0.25) is 0 Å². The number of ether oxygens (including phenoxy) is 1. The van der Waals surface area contributed by atoms with Gasteiger partial charge in [-0.15, -0.1) is 0 Å². The predicted molar refractivity (Wildman–Crippen MR) is 109 cm³/mol. The summed E-state index contributed by atoms with van der Waals surface area (Å²) in [4.78, 5) is 17.3. The van der Waals surface area contributed by atoms with Crippen LogP contribution in [0.15, 0.2) is 41.0 Å². The van der Waals surface area contributed by atoms with E-state index < -0.39 is 0 Å². The number of aliphatic imine (C=N–C) groups is 1. The average molecular weight is 385 g/mol. The zero-order chi connectivity index (χ0) is 18.6. The van der Waals surface area contributed by atoms with E-state index in [0.29, 0.717) is 17.6 Å². The Kier molecular flexibility index (Phi) is 5.40. The minimum atomic E-state index is -0.00611. The molecule has 27 heavy (non-hydrogen) atoms. The minimum Gasteiger partial charge on any atom is -0.371 e. The van der Waals surface area contributed by atoms with Crippen molar-refractivity contribution in [2.45, 2.75) is 19.4 Å². The third kappa shape index (κ3) is 3.98. The maximum Gasteiger partial charge on any atom is 0.189 e. The summed E-state index contributed by atoms with van der Waals surface area (Å²) in [6, 6.07) is 0. The molecule has 0 radical (unpaired) electrons. The highest BCUT2D eigenvalue weighted by molar-refractivity contribution is 7.80. The maximum atomic E-state index is 5.85. The Hall–Kier alpha value is -2.39. The Bertz CT molecular complexity index is 771. The molecule has 2 unspecified atom stereocenters. The molecule has 3 aliphatic rings. The van der Waals surface area contributed by atoms with Gasteiger partial charge >= 0.3 is 0 Å². The van der Waals surface area contributed by atoms with Crippen molar-refractivity contribution in [3.8, 4) is 0 Å². The van der Waals surface area contributed by atoms with Crippen LogP contribution in [0, 0.1) is 5.92 Å². The number of rotatable bonds is 2. The third-order valence-electron chi connectivity index (χ3n) is 5.01. The first kappa shape index (κ1) is 18.0. The molecular weight excluding hydrogens is 362 g/mol. The first-order valence-corrected chi connectivity index (χ1v) is 9.62. The number of hydrogen-bond acceptors (Lipinski definition) is 7. The van der Waals surface area contributed by atoms with Gasteiger partial charge in [-0.3, -0.25) is 15.4 Å². The zero-order valence-electron chi connectivity index (χ0n) is 15.3. The summed E-state index contributed by atoms with van der Waals surface area (Å²) in [6.45, 7) is 6.13. The second-order valence-corrected chi connectivity index (χ2v) is 7.16. The number of thiocarbonyl (C=S) groups is 1. The molecule has 142 valence electrons. The van der Waals surface area contributed by atoms with E-state index in [1.165, 1.54) is 0 Å². The molecule has 0 saturated carbocycles. The van der Waals surface area contributed by atoms with Gasteiger partial charge in [-0.1, -0.05) is 13.0 Å². The Labute approximate surface area is 164 Å². The lowest BCUT2D eigenvalue weighted by Crippen LogP contribution is -2.51. The van der Waals surface area contributed by atoms with E-state index in [-0.39, 0.29) is 6.10 Å². The molecule has 2 atom stereocenters. The van der Waals surface area contributed by atoms with Gasteiger partial charge in [0.1, 0.15) is 11.9 Å². The number of nitrogens with zero attached hydrogens (tertiary/aromatic N) is 6. The van der Waals surface area contributed by atoms with Gasteiger partial charge in [0, 0.05) is 57.1 Å². The van der Waals surface area contributed by atoms with E-state index >= 15 is 0 Å². The number of hydrogen-bond donors (Lipinski definition) is 1. The van der Waals surface area contributed by atoms with Crippen molar-refractivity contribution in [1.82, 2.24) is 20.3 Å². The molecule has 9 heteroatoms. The highest BCUT2D eigenvalue weighted by atomic mass is 32.1. The van der Waals surface area contributed by atoms with Crippen molar-refractivity contribution in [1.29, 1.82) is 0 Å². The van der Waals surface area contributed by atoms with Crippen molar-refractivity contribution in [2.24, 2.45) is 16.0 Å². The summed E-state index contributed by atoms with van der Waals surface area (Å²) >= 11 is 5.54. The maximum absolute atomic E-state index is 5.85. The fraction of sp³-hybridized carbons (Fsp3) is 0.500. The zero-order valence-corrected chi connectivity index (χ0v) is 16.1. The quantitative estimate of drug-likeness (QED) is 0.606. The number of hydrazone groups is 1. The first-order valence-electron chi connectivity index (χ1n) is 9.21. The fourth-order valence-corrected chi connectivity index (χ4v) is 3.68. The number of nitrogens with one attached hydrogen (secondary N) is 1. The van der Waals surface area contributed by atoms with Crippen molar-refractivity contribution in [2.75, 3.05) is 37.7 Å². The molecule has 0 amide bonds. The molecule has 4 heterocycles. The molecule has 0 bridgehead atoms. The highest BCUT2D eigenvalue weighted by Crippen LogP contribution is 2.21. The number of piperazine rings is 1. The highest BCUT2D eigenvalue weighted by Gasteiger charge is 2.32. The van der Waals surface area contributed by atoms with Crippen molar-refractivity contribution in [3.63, 3.8) is 0 Å². The lowest BCUT2D eigenvalue weighted by atomic mass is 9.92. The minimum absolute atomic E-state index is 0.00611.